The van der Waals surface area contributed by atoms with Crippen LogP contribution >= 0.6 is 0 Å². The van der Waals surface area contributed by atoms with E-state index in [2.05, 4.69) is 20.2 Å². The Morgan fingerprint density at radius 3 is 3.06 bits per heavy atom. The van der Waals surface area contributed by atoms with Crippen LogP contribution in [0.4, 0.5) is 10.2 Å². The van der Waals surface area contributed by atoms with Gasteiger partial charge in [0.05, 0.1) is 5.69 Å². The summed E-state index contributed by atoms with van der Waals surface area (Å²) in [6.07, 6.45) is 4.42. The van der Waals surface area contributed by atoms with Gasteiger partial charge in [0.1, 0.15) is 6.33 Å². The fraction of sp³-hybridized carbons (Fsp3) is 0.692. The molecular formula is C13H19FN4. The molecule has 0 bridgehead atoms. The predicted molar refractivity (Wildman–Crippen MR) is 68.1 cm³/mol. The van der Waals surface area contributed by atoms with Crippen molar-refractivity contribution >= 4 is 5.82 Å². The maximum atomic E-state index is 14.2. The molecule has 1 N–H and O–H groups in total. The first-order valence-electron chi connectivity index (χ1n) is 6.69. The summed E-state index contributed by atoms with van der Waals surface area (Å²) in [4.78, 5) is 10.2. The topological polar surface area (TPSA) is 41.1 Å². The summed E-state index contributed by atoms with van der Waals surface area (Å²) in [5.41, 5.74) is 0.856. The summed E-state index contributed by atoms with van der Waals surface area (Å²) in [7, 11) is 0. The van der Waals surface area contributed by atoms with Crippen molar-refractivity contribution in [3.63, 3.8) is 0 Å². The average molecular weight is 250 g/mol. The molecule has 0 aromatic carbocycles. The smallest absolute Gasteiger partial charge is 0.187 e. The Morgan fingerprint density at radius 1 is 1.44 bits per heavy atom. The van der Waals surface area contributed by atoms with Gasteiger partial charge in [-0.3, -0.25) is 0 Å². The van der Waals surface area contributed by atoms with Crippen molar-refractivity contribution in [2.75, 3.05) is 31.1 Å². The van der Waals surface area contributed by atoms with Gasteiger partial charge in [-0.05, 0) is 25.8 Å². The van der Waals surface area contributed by atoms with Crippen molar-refractivity contribution in [1.82, 2.24) is 15.3 Å². The van der Waals surface area contributed by atoms with Crippen LogP contribution in [0.15, 0.2) is 6.33 Å². The van der Waals surface area contributed by atoms with Crippen LogP contribution in [-0.2, 0) is 6.42 Å². The van der Waals surface area contributed by atoms with Crippen LogP contribution in [0.3, 0.4) is 0 Å². The minimum atomic E-state index is -0.233. The van der Waals surface area contributed by atoms with Crippen LogP contribution in [0.2, 0.25) is 0 Å². The number of aryl methyl sites for hydroxylation is 1. The molecule has 2 aliphatic heterocycles. The number of rotatable bonds is 2. The van der Waals surface area contributed by atoms with Crippen LogP contribution < -0.4 is 10.2 Å². The number of anilines is 1. The summed E-state index contributed by atoms with van der Waals surface area (Å²) < 4.78 is 14.2. The van der Waals surface area contributed by atoms with Crippen molar-refractivity contribution in [3.8, 4) is 0 Å². The van der Waals surface area contributed by atoms with Gasteiger partial charge in [-0.25, -0.2) is 14.4 Å². The van der Waals surface area contributed by atoms with E-state index in [1.807, 2.05) is 6.92 Å². The summed E-state index contributed by atoms with van der Waals surface area (Å²) in [5, 5.41) is 3.41. The van der Waals surface area contributed by atoms with Crippen molar-refractivity contribution in [2.24, 2.45) is 5.41 Å². The Labute approximate surface area is 107 Å². The third-order valence-electron chi connectivity index (χ3n) is 4.25. The molecule has 2 aliphatic rings. The van der Waals surface area contributed by atoms with E-state index in [1.54, 1.807) is 0 Å². The lowest BCUT2D eigenvalue weighted by atomic mass is 9.87. The zero-order valence-electron chi connectivity index (χ0n) is 10.7. The fourth-order valence-electron chi connectivity index (χ4n) is 3.12. The molecule has 0 saturated carbocycles. The van der Waals surface area contributed by atoms with Gasteiger partial charge in [0, 0.05) is 25.0 Å². The molecule has 2 fully saturated rings. The molecule has 0 aliphatic carbocycles. The molecule has 2 saturated heterocycles. The lowest BCUT2D eigenvalue weighted by Gasteiger charge is -2.23. The molecule has 0 radical (unpaired) electrons. The highest BCUT2D eigenvalue weighted by Gasteiger charge is 2.41. The quantitative estimate of drug-likeness (QED) is 0.860. The molecular weight excluding hydrogens is 231 g/mol. The van der Waals surface area contributed by atoms with E-state index in [-0.39, 0.29) is 5.82 Å². The molecule has 3 heterocycles. The van der Waals surface area contributed by atoms with Crippen LogP contribution in [0.1, 0.15) is 25.5 Å². The zero-order valence-corrected chi connectivity index (χ0v) is 10.7. The summed E-state index contributed by atoms with van der Waals surface area (Å²) in [6.45, 7) is 5.87. The highest BCUT2D eigenvalue weighted by Crippen LogP contribution is 2.38. The molecule has 0 amide bonds. The lowest BCUT2D eigenvalue weighted by Crippen LogP contribution is -2.30. The van der Waals surface area contributed by atoms with E-state index in [0.29, 0.717) is 23.3 Å². The van der Waals surface area contributed by atoms with Crippen molar-refractivity contribution in [2.45, 2.75) is 26.2 Å². The highest BCUT2D eigenvalue weighted by molar-refractivity contribution is 5.43. The van der Waals surface area contributed by atoms with Crippen molar-refractivity contribution in [1.29, 1.82) is 0 Å². The summed E-state index contributed by atoms with van der Waals surface area (Å²) in [5.74, 6) is 0.258. The molecule has 1 spiro atoms. The first-order valence-corrected chi connectivity index (χ1v) is 6.69. The van der Waals surface area contributed by atoms with E-state index >= 15 is 0 Å². The van der Waals surface area contributed by atoms with Crippen LogP contribution in [-0.4, -0.2) is 36.1 Å². The third-order valence-corrected chi connectivity index (χ3v) is 4.25. The second-order valence-corrected chi connectivity index (χ2v) is 5.41. The van der Waals surface area contributed by atoms with Gasteiger partial charge in [-0.15, -0.1) is 0 Å². The third kappa shape index (κ3) is 1.86. The maximum Gasteiger partial charge on any atom is 0.187 e. The molecule has 4 nitrogen and oxygen atoms in total. The monoisotopic (exact) mass is 250 g/mol. The van der Waals surface area contributed by atoms with E-state index < -0.39 is 0 Å². The van der Waals surface area contributed by atoms with Gasteiger partial charge in [-0.2, -0.15) is 0 Å². The number of hydrogen-bond acceptors (Lipinski definition) is 4. The summed E-state index contributed by atoms with van der Waals surface area (Å²) >= 11 is 0. The van der Waals surface area contributed by atoms with Crippen LogP contribution in [0.5, 0.6) is 0 Å². The average Bonchev–Trinajstić information content (AvgIpc) is 3.01. The molecule has 18 heavy (non-hydrogen) atoms. The second kappa shape index (κ2) is 4.46. The van der Waals surface area contributed by atoms with Gasteiger partial charge in [0.2, 0.25) is 0 Å². The van der Waals surface area contributed by atoms with Crippen LogP contribution in [0.25, 0.3) is 0 Å². The SMILES string of the molecule is CCc1ncnc(N2CCC3(CCNC3)C2)c1F. The highest BCUT2D eigenvalue weighted by atomic mass is 19.1. The Kier molecular flexibility index (Phi) is 2.93. The van der Waals surface area contributed by atoms with Crippen LogP contribution in [0, 0.1) is 11.2 Å². The standard InChI is InChI=1S/C13H19FN4/c1-2-10-11(14)12(17-9-16-10)18-6-4-13(8-18)3-5-15-7-13/h9,15H,2-8H2,1H3. The Balaban J connectivity index is 1.84. The van der Waals surface area contributed by atoms with Gasteiger partial charge < -0.3 is 10.2 Å². The van der Waals surface area contributed by atoms with Gasteiger partial charge in [0.25, 0.3) is 0 Å². The fourth-order valence-corrected chi connectivity index (χ4v) is 3.12. The first kappa shape index (κ1) is 11.8. The van der Waals surface area contributed by atoms with Crippen molar-refractivity contribution < 1.29 is 4.39 Å². The number of halogens is 1. The minimum absolute atomic E-state index is 0.233. The van der Waals surface area contributed by atoms with Gasteiger partial charge >= 0.3 is 0 Å². The molecule has 1 aromatic heterocycles. The van der Waals surface area contributed by atoms with Gasteiger partial charge in [0.15, 0.2) is 11.6 Å². The van der Waals surface area contributed by atoms with E-state index in [4.69, 9.17) is 0 Å². The number of hydrogen-bond donors (Lipinski definition) is 1. The number of nitrogens with zero attached hydrogens (tertiary/aromatic N) is 3. The lowest BCUT2D eigenvalue weighted by molar-refractivity contribution is 0.369. The Bertz CT molecular complexity index is 443. The zero-order chi connectivity index (χ0) is 12.6. The van der Waals surface area contributed by atoms with Gasteiger partial charge in [-0.1, -0.05) is 6.92 Å². The van der Waals surface area contributed by atoms with E-state index in [1.165, 1.54) is 12.7 Å². The number of nitrogens with one attached hydrogen (secondary N) is 1. The normalized spacial score (nSPS) is 27.3. The minimum Gasteiger partial charge on any atom is -0.353 e. The molecule has 1 aromatic rings. The molecule has 1 atom stereocenters. The van der Waals surface area contributed by atoms with E-state index in [0.717, 1.165) is 32.6 Å². The second-order valence-electron chi connectivity index (χ2n) is 5.41. The molecule has 5 heteroatoms. The number of aromatic nitrogens is 2. The predicted octanol–water partition coefficient (Wildman–Crippen LogP) is 1.37. The largest absolute Gasteiger partial charge is 0.353 e. The molecule has 98 valence electrons. The Hall–Kier alpha value is -1.23. The maximum absolute atomic E-state index is 14.2. The van der Waals surface area contributed by atoms with Crippen molar-refractivity contribution in [3.05, 3.63) is 17.8 Å². The molecule has 3 rings (SSSR count). The molecule has 1 unspecified atom stereocenters. The summed E-state index contributed by atoms with van der Waals surface area (Å²) in [6, 6.07) is 0. The Morgan fingerprint density at radius 2 is 2.33 bits per heavy atom. The van der Waals surface area contributed by atoms with E-state index in [9.17, 15) is 4.39 Å². The first-order chi connectivity index (χ1) is 8.74.